The first-order valence-corrected chi connectivity index (χ1v) is 9.27. The van der Waals surface area contributed by atoms with Crippen molar-refractivity contribution >= 4 is 33.2 Å². The number of aromatic carboxylic acids is 1. The second kappa shape index (κ2) is 8.05. The normalized spacial score (nSPS) is 14.6. The van der Waals surface area contributed by atoms with E-state index in [2.05, 4.69) is 25.8 Å². The number of rotatable bonds is 6. The minimum atomic E-state index is -1.29. The van der Waals surface area contributed by atoms with Crippen molar-refractivity contribution in [3.05, 3.63) is 32.8 Å². The molecule has 2 aromatic rings. The lowest BCUT2D eigenvalue weighted by molar-refractivity contribution is 0.0685. The van der Waals surface area contributed by atoms with Gasteiger partial charge in [-0.3, -0.25) is 9.20 Å². The summed E-state index contributed by atoms with van der Waals surface area (Å²) < 4.78 is 12.7. The number of carboxylic acid groups (broad SMARTS) is 1. The van der Waals surface area contributed by atoms with Gasteiger partial charge in [0.25, 0.3) is 0 Å². The van der Waals surface area contributed by atoms with Crippen LogP contribution < -0.4 is 15.2 Å². The molecule has 0 aromatic carbocycles. The summed E-state index contributed by atoms with van der Waals surface area (Å²) in [7, 11) is 0. The fourth-order valence-electron chi connectivity index (χ4n) is 2.76. The van der Waals surface area contributed by atoms with Gasteiger partial charge >= 0.3 is 11.5 Å². The Labute approximate surface area is 158 Å². The highest BCUT2D eigenvalue weighted by Crippen LogP contribution is 2.25. The Morgan fingerprint density at radius 2 is 2.15 bits per heavy atom. The van der Waals surface area contributed by atoms with E-state index in [1.165, 1.54) is 4.40 Å². The summed E-state index contributed by atoms with van der Waals surface area (Å²) in [6.07, 6.45) is 3.26. The van der Waals surface area contributed by atoms with Crippen LogP contribution in [0.3, 0.4) is 0 Å². The zero-order valence-electron chi connectivity index (χ0n) is 14.4. The summed E-state index contributed by atoms with van der Waals surface area (Å²) in [5.41, 5.74) is 0.177. The van der Waals surface area contributed by atoms with Crippen LogP contribution in [0, 0.1) is 0 Å². The molecule has 0 saturated carbocycles. The van der Waals surface area contributed by atoms with Crippen molar-refractivity contribution in [2.75, 3.05) is 37.8 Å². The predicted molar refractivity (Wildman–Crippen MR) is 99.6 cm³/mol. The van der Waals surface area contributed by atoms with Gasteiger partial charge in [-0.1, -0.05) is 13.3 Å². The fourth-order valence-corrected chi connectivity index (χ4v) is 3.27. The monoisotopic (exact) mass is 425 g/mol. The molecule has 1 N–H and O–H groups in total. The van der Waals surface area contributed by atoms with Crippen molar-refractivity contribution in [1.82, 2.24) is 9.38 Å². The van der Waals surface area contributed by atoms with E-state index in [0.29, 0.717) is 30.8 Å². The molecule has 1 aliphatic rings. The first kappa shape index (κ1) is 18.7. The molecular formula is C17H20BrN3O5. The minimum absolute atomic E-state index is 0.227. The molecule has 0 bridgehead atoms. The van der Waals surface area contributed by atoms with Gasteiger partial charge in [0.1, 0.15) is 0 Å². The quantitative estimate of drug-likeness (QED) is 0.708. The van der Waals surface area contributed by atoms with Crippen molar-refractivity contribution in [1.29, 1.82) is 0 Å². The van der Waals surface area contributed by atoms with Gasteiger partial charge < -0.3 is 19.5 Å². The largest absolute Gasteiger partial charge is 0.486 e. The van der Waals surface area contributed by atoms with E-state index in [4.69, 9.17) is 9.47 Å². The third-order valence-corrected chi connectivity index (χ3v) is 4.73. The molecule has 2 aromatic heterocycles. The molecule has 3 rings (SSSR count). The third-order valence-electron chi connectivity index (χ3n) is 4.15. The highest BCUT2D eigenvalue weighted by Gasteiger charge is 2.22. The Balaban J connectivity index is 2.13. The van der Waals surface area contributed by atoms with Crippen LogP contribution in [-0.4, -0.2) is 53.4 Å². The Hall–Kier alpha value is -2.13. The number of nitrogens with zero attached hydrogens (tertiary/aromatic N) is 3. The van der Waals surface area contributed by atoms with Crippen LogP contribution in [0.15, 0.2) is 21.5 Å². The van der Waals surface area contributed by atoms with E-state index in [9.17, 15) is 14.7 Å². The van der Waals surface area contributed by atoms with Crippen LogP contribution >= 0.6 is 15.9 Å². The Bertz CT molecular complexity index is 877. The predicted octanol–water partition coefficient (Wildman–Crippen LogP) is 2.17. The molecule has 0 radical (unpaired) electrons. The van der Waals surface area contributed by atoms with Crippen molar-refractivity contribution in [3.8, 4) is 5.75 Å². The van der Waals surface area contributed by atoms with Crippen LogP contribution in [0.4, 0.5) is 5.69 Å². The molecular weight excluding hydrogens is 406 g/mol. The molecule has 8 nitrogen and oxygen atoms in total. The Morgan fingerprint density at radius 1 is 1.42 bits per heavy atom. The number of fused-ring (bicyclic) bond motifs is 1. The zero-order chi connectivity index (χ0) is 18.7. The van der Waals surface area contributed by atoms with Gasteiger partial charge in [-0.05, 0) is 28.4 Å². The maximum Gasteiger partial charge on any atom is 0.358 e. The molecule has 0 amide bonds. The van der Waals surface area contributed by atoms with Crippen LogP contribution in [-0.2, 0) is 4.74 Å². The maximum absolute atomic E-state index is 12.9. The average Bonchev–Trinajstić information content (AvgIpc) is 2.64. The number of carbonyl (C=O) groups is 1. The number of hydrogen-bond donors (Lipinski definition) is 1. The molecule has 1 aliphatic heterocycles. The first-order valence-electron chi connectivity index (χ1n) is 8.47. The standard InChI is InChI=1S/C17H20BrN3O5/c1-2-3-6-26-14-13(17(23)24)19-15-12(18)9-11(10-21(15)16(14)22)20-4-7-25-8-5-20/h9-10H,2-8H2,1H3,(H,23,24). The van der Waals surface area contributed by atoms with Crippen LogP contribution in [0.25, 0.3) is 5.65 Å². The second-order valence-corrected chi connectivity index (χ2v) is 6.80. The number of aromatic nitrogens is 2. The molecule has 1 saturated heterocycles. The molecule has 0 atom stereocenters. The summed E-state index contributed by atoms with van der Waals surface area (Å²) in [6, 6.07) is 1.83. The number of carboxylic acids is 1. The summed E-state index contributed by atoms with van der Waals surface area (Å²) in [5.74, 6) is -1.52. The number of hydrogen-bond acceptors (Lipinski definition) is 6. The first-order chi connectivity index (χ1) is 12.5. The van der Waals surface area contributed by atoms with Crippen molar-refractivity contribution < 1.29 is 19.4 Å². The third kappa shape index (κ3) is 3.68. The maximum atomic E-state index is 12.9. The van der Waals surface area contributed by atoms with Gasteiger partial charge in [-0.2, -0.15) is 0 Å². The molecule has 0 spiro atoms. The topological polar surface area (TPSA) is 93.4 Å². The van der Waals surface area contributed by atoms with E-state index >= 15 is 0 Å². The van der Waals surface area contributed by atoms with Crippen LogP contribution in [0.1, 0.15) is 30.3 Å². The van der Waals surface area contributed by atoms with Gasteiger partial charge in [0.15, 0.2) is 11.3 Å². The number of ether oxygens (including phenoxy) is 2. The summed E-state index contributed by atoms with van der Waals surface area (Å²) in [6.45, 7) is 4.92. The van der Waals surface area contributed by atoms with E-state index in [0.717, 1.165) is 18.5 Å². The fraction of sp³-hybridized carbons (Fsp3) is 0.471. The number of pyridine rings is 1. The molecule has 3 heterocycles. The van der Waals surface area contributed by atoms with E-state index in [1.54, 1.807) is 6.20 Å². The number of halogens is 1. The second-order valence-electron chi connectivity index (χ2n) is 5.94. The summed E-state index contributed by atoms with van der Waals surface area (Å²) >= 11 is 3.41. The number of unbranched alkanes of at least 4 members (excludes halogenated alkanes) is 1. The Morgan fingerprint density at radius 3 is 2.81 bits per heavy atom. The lowest BCUT2D eigenvalue weighted by Gasteiger charge is -2.29. The molecule has 1 fully saturated rings. The lowest BCUT2D eigenvalue weighted by atomic mass is 10.3. The number of anilines is 1. The molecule has 140 valence electrons. The average molecular weight is 426 g/mol. The van der Waals surface area contributed by atoms with Gasteiger partial charge in [0, 0.05) is 19.3 Å². The molecule has 0 unspecified atom stereocenters. The highest BCUT2D eigenvalue weighted by molar-refractivity contribution is 9.10. The molecule has 0 aliphatic carbocycles. The zero-order valence-corrected chi connectivity index (χ0v) is 16.0. The van der Waals surface area contributed by atoms with Crippen molar-refractivity contribution in [2.24, 2.45) is 0 Å². The lowest BCUT2D eigenvalue weighted by Crippen LogP contribution is -2.36. The van der Waals surface area contributed by atoms with Crippen LogP contribution in [0.5, 0.6) is 5.75 Å². The van der Waals surface area contributed by atoms with Gasteiger partial charge in [-0.25, -0.2) is 9.78 Å². The van der Waals surface area contributed by atoms with Crippen molar-refractivity contribution in [2.45, 2.75) is 19.8 Å². The van der Waals surface area contributed by atoms with Gasteiger partial charge in [0.05, 0.1) is 30.0 Å². The number of morpholine rings is 1. The van der Waals surface area contributed by atoms with E-state index in [-0.39, 0.29) is 23.7 Å². The Kier molecular flexibility index (Phi) is 5.77. The SMILES string of the molecule is CCCCOc1c(C(=O)O)nc2c(Br)cc(N3CCOCC3)cn2c1=O. The summed E-state index contributed by atoms with van der Waals surface area (Å²) in [5, 5.41) is 9.43. The van der Waals surface area contributed by atoms with E-state index < -0.39 is 11.5 Å². The highest BCUT2D eigenvalue weighted by atomic mass is 79.9. The molecule has 9 heteroatoms. The van der Waals surface area contributed by atoms with Gasteiger partial charge in [-0.15, -0.1) is 0 Å². The van der Waals surface area contributed by atoms with Crippen molar-refractivity contribution in [3.63, 3.8) is 0 Å². The minimum Gasteiger partial charge on any atom is -0.486 e. The van der Waals surface area contributed by atoms with Gasteiger partial charge in [0.2, 0.25) is 5.75 Å². The van der Waals surface area contributed by atoms with E-state index in [1.807, 2.05) is 13.0 Å². The molecule has 26 heavy (non-hydrogen) atoms. The smallest absolute Gasteiger partial charge is 0.358 e. The van der Waals surface area contributed by atoms with Crippen LogP contribution in [0.2, 0.25) is 0 Å². The summed E-state index contributed by atoms with van der Waals surface area (Å²) in [4.78, 5) is 30.7.